The van der Waals surface area contributed by atoms with Gasteiger partial charge in [0.1, 0.15) is 5.69 Å². The van der Waals surface area contributed by atoms with Gasteiger partial charge in [0.05, 0.1) is 10.6 Å². The van der Waals surface area contributed by atoms with E-state index in [4.69, 9.17) is 11.5 Å². The molecule has 0 aliphatic carbocycles. The molecule has 0 amide bonds. The monoisotopic (exact) mass is 243 g/mol. The number of nitro benzene ring substituents is 1. The highest BCUT2D eigenvalue weighted by atomic mass is 16.6. The van der Waals surface area contributed by atoms with Crippen molar-refractivity contribution in [3.05, 3.63) is 63.7 Å². The minimum absolute atomic E-state index is 0.0248. The second kappa shape index (κ2) is 4.75. The highest BCUT2D eigenvalue weighted by molar-refractivity contribution is 5.75. The van der Waals surface area contributed by atoms with Crippen molar-refractivity contribution < 1.29 is 4.92 Å². The maximum Gasteiger partial charge on any atom is 0.294 e. The predicted octanol–water partition coefficient (Wildman–Crippen LogP) is 2.35. The Hall–Kier alpha value is -2.56. The third-order valence-electron chi connectivity index (χ3n) is 2.70. The molecule has 0 aromatic heterocycles. The normalized spacial score (nSPS) is 10.2. The number of benzene rings is 2. The van der Waals surface area contributed by atoms with E-state index in [0.29, 0.717) is 6.42 Å². The van der Waals surface area contributed by atoms with Gasteiger partial charge in [0, 0.05) is 6.07 Å². The standard InChI is InChI=1S/C13H13N3O2/c14-11-7-10(6-9-4-2-1-3-5-9)8-12(13(11)15)16(17)18/h1-5,7-8H,6,14-15H2. The van der Waals surface area contributed by atoms with Crippen LogP contribution in [0.4, 0.5) is 17.1 Å². The largest absolute Gasteiger partial charge is 0.397 e. The molecule has 5 heteroatoms. The van der Waals surface area contributed by atoms with Crippen LogP contribution in [-0.4, -0.2) is 4.92 Å². The summed E-state index contributed by atoms with van der Waals surface area (Å²) in [5.41, 5.74) is 13.2. The van der Waals surface area contributed by atoms with Crippen LogP contribution >= 0.6 is 0 Å². The number of rotatable bonds is 3. The van der Waals surface area contributed by atoms with Gasteiger partial charge in [0.2, 0.25) is 0 Å². The Kier molecular flexibility index (Phi) is 3.14. The molecule has 2 aromatic rings. The number of nitrogen functional groups attached to an aromatic ring is 2. The first kappa shape index (κ1) is 11.9. The Labute approximate surface area is 104 Å². The van der Waals surface area contributed by atoms with Gasteiger partial charge in [-0.25, -0.2) is 0 Å². The van der Waals surface area contributed by atoms with E-state index in [1.807, 2.05) is 30.3 Å². The fraction of sp³-hybridized carbons (Fsp3) is 0.0769. The highest BCUT2D eigenvalue weighted by Gasteiger charge is 2.15. The number of anilines is 2. The van der Waals surface area contributed by atoms with Crippen LogP contribution in [0.1, 0.15) is 11.1 Å². The molecule has 0 saturated heterocycles. The molecule has 4 N–H and O–H groups in total. The summed E-state index contributed by atoms with van der Waals surface area (Å²) in [5.74, 6) is 0. The molecule has 0 aliphatic rings. The molecular formula is C13H13N3O2. The molecule has 0 fully saturated rings. The van der Waals surface area contributed by atoms with Crippen molar-refractivity contribution in [2.24, 2.45) is 0 Å². The molecule has 0 saturated carbocycles. The molecule has 0 unspecified atom stereocenters. The van der Waals surface area contributed by atoms with Crippen molar-refractivity contribution in [3.63, 3.8) is 0 Å². The highest BCUT2D eigenvalue weighted by Crippen LogP contribution is 2.29. The molecule has 0 bridgehead atoms. The van der Waals surface area contributed by atoms with Gasteiger partial charge in [-0.2, -0.15) is 0 Å². The number of hydrogen-bond acceptors (Lipinski definition) is 4. The van der Waals surface area contributed by atoms with Gasteiger partial charge in [-0.3, -0.25) is 10.1 Å². The number of hydrogen-bond donors (Lipinski definition) is 2. The molecule has 0 atom stereocenters. The molecule has 2 aromatic carbocycles. The van der Waals surface area contributed by atoms with Crippen LogP contribution in [0.3, 0.4) is 0 Å². The zero-order valence-corrected chi connectivity index (χ0v) is 9.67. The van der Waals surface area contributed by atoms with Crippen molar-refractivity contribution in [1.82, 2.24) is 0 Å². The number of nitro groups is 1. The molecule has 0 spiro atoms. The summed E-state index contributed by atoms with van der Waals surface area (Å²) in [6, 6.07) is 12.8. The number of nitrogens with two attached hydrogens (primary N) is 2. The van der Waals surface area contributed by atoms with Crippen molar-refractivity contribution >= 4 is 17.1 Å². The van der Waals surface area contributed by atoms with E-state index in [1.54, 1.807) is 6.07 Å². The molecule has 18 heavy (non-hydrogen) atoms. The maximum absolute atomic E-state index is 10.8. The third-order valence-corrected chi connectivity index (χ3v) is 2.70. The summed E-state index contributed by atoms with van der Waals surface area (Å²) in [5, 5.41) is 10.8. The predicted molar refractivity (Wildman–Crippen MR) is 71.2 cm³/mol. The van der Waals surface area contributed by atoms with E-state index < -0.39 is 4.92 Å². The van der Waals surface area contributed by atoms with Crippen LogP contribution < -0.4 is 11.5 Å². The van der Waals surface area contributed by atoms with E-state index in [1.165, 1.54) is 6.07 Å². The Morgan fingerprint density at radius 2 is 1.72 bits per heavy atom. The van der Waals surface area contributed by atoms with Crippen LogP contribution in [0.15, 0.2) is 42.5 Å². The first-order valence-electron chi connectivity index (χ1n) is 5.44. The van der Waals surface area contributed by atoms with E-state index >= 15 is 0 Å². The van der Waals surface area contributed by atoms with Gasteiger partial charge in [0.25, 0.3) is 5.69 Å². The molecule has 0 aliphatic heterocycles. The fourth-order valence-electron chi connectivity index (χ4n) is 1.81. The Morgan fingerprint density at radius 3 is 2.33 bits per heavy atom. The van der Waals surface area contributed by atoms with Gasteiger partial charge in [-0.1, -0.05) is 30.3 Å². The lowest BCUT2D eigenvalue weighted by Gasteiger charge is -2.06. The average molecular weight is 243 g/mol. The van der Waals surface area contributed by atoms with E-state index in [9.17, 15) is 10.1 Å². The van der Waals surface area contributed by atoms with Crippen LogP contribution in [0, 0.1) is 10.1 Å². The van der Waals surface area contributed by atoms with E-state index in [2.05, 4.69) is 0 Å². The lowest BCUT2D eigenvalue weighted by molar-refractivity contribution is -0.383. The summed E-state index contributed by atoms with van der Waals surface area (Å²) in [4.78, 5) is 10.3. The van der Waals surface area contributed by atoms with E-state index in [-0.39, 0.29) is 17.1 Å². The van der Waals surface area contributed by atoms with Crippen LogP contribution in [-0.2, 0) is 6.42 Å². The van der Waals surface area contributed by atoms with Crippen LogP contribution in [0.25, 0.3) is 0 Å². The van der Waals surface area contributed by atoms with Gasteiger partial charge in [-0.05, 0) is 23.6 Å². The summed E-state index contributed by atoms with van der Waals surface area (Å²) in [6.07, 6.45) is 0.589. The van der Waals surface area contributed by atoms with Gasteiger partial charge in [-0.15, -0.1) is 0 Å². The van der Waals surface area contributed by atoms with Crippen molar-refractivity contribution in [2.75, 3.05) is 11.5 Å². The second-order valence-corrected chi connectivity index (χ2v) is 4.04. The number of nitrogens with zero attached hydrogens (tertiary/aromatic N) is 1. The van der Waals surface area contributed by atoms with Crippen LogP contribution in [0.2, 0.25) is 0 Å². The first-order chi connectivity index (χ1) is 8.58. The van der Waals surface area contributed by atoms with Gasteiger partial charge < -0.3 is 11.5 Å². The quantitative estimate of drug-likeness (QED) is 0.491. The van der Waals surface area contributed by atoms with Crippen molar-refractivity contribution in [2.45, 2.75) is 6.42 Å². The van der Waals surface area contributed by atoms with Crippen molar-refractivity contribution in [3.8, 4) is 0 Å². The molecule has 0 heterocycles. The van der Waals surface area contributed by atoms with Gasteiger partial charge in [0.15, 0.2) is 0 Å². The fourth-order valence-corrected chi connectivity index (χ4v) is 1.81. The molecule has 5 nitrogen and oxygen atoms in total. The lowest BCUT2D eigenvalue weighted by Crippen LogP contribution is -2.02. The molecule has 0 radical (unpaired) electrons. The summed E-state index contributed by atoms with van der Waals surface area (Å²) in [6.45, 7) is 0. The summed E-state index contributed by atoms with van der Waals surface area (Å²) in [7, 11) is 0. The first-order valence-corrected chi connectivity index (χ1v) is 5.44. The zero-order chi connectivity index (χ0) is 13.1. The molecule has 2 rings (SSSR count). The Morgan fingerprint density at radius 1 is 1.06 bits per heavy atom. The third kappa shape index (κ3) is 2.40. The summed E-state index contributed by atoms with van der Waals surface area (Å²) >= 11 is 0. The topological polar surface area (TPSA) is 95.2 Å². The second-order valence-electron chi connectivity index (χ2n) is 4.04. The van der Waals surface area contributed by atoms with Gasteiger partial charge >= 0.3 is 0 Å². The summed E-state index contributed by atoms with van der Waals surface area (Å²) < 4.78 is 0. The van der Waals surface area contributed by atoms with Crippen molar-refractivity contribution in [1.29, 1.82) is 0 Å². The minimum atomic E-state index is -0.514. The molecular weight excluding hydrogens is 230 g/mol. The van der Waals surface area contributed by atoms with Crippen LogP contribution in [0.5, 0.6) is 0 Å². The zero-order valence-electron chi connectivity index (χ0n) is 9.67. The lowest BCUT2D eigenvalue weighted by atomic mass is 10.0. The smallest absolute Gasteiger partial charge is 0.294 e. The molecule has 92 valence electrons. The average Bonchev–Trinajstić information content (AvgIpc) is 2.34. The Balaban J connectivity index is 2.38. The maximum atomic E-state index is 10.8. The van der Waals surface area contributed by atoms with E-state index in [0.717, 1.165) is 11.1 Å². The Bertz CT molecular complexity index is 582. The minimum Gasteiger partial charge on any atom is -0.397 e. The SMILES string of the molecule is Nc1cc(Cc2ccccc2)cc([N+](=O)[O-])c1N.